The van der Waals surface area contributed by atoms with Crippen LogP contribution in [-0.4, -0.2) is 13.2 Å². The Balaban J connectivity index is 0.00000256. The fourth-order valence-electron chi connectivity index (χ4n) is 1.89. The van der Waals surface area contributed by atoms with Crippen LogP contribution in [0.2, 0.25) is 5.02 Å². The zero-order chi connectivity index (χ0) is 12.1. The van der Waals surface area contributed by atoms with Gasteiger partial charge in [0.05, 0.1) is 12.1 Å². The van der Waals surface area contributed by atoms with Crippen molar-refractivity contribution in [2.24, 2.45) is 5.73 Å². The van der Waals surface area contributed by atoms with E-state index in [4.69, 9.17) is 22.1 Å². The Morgan fingerprint density at radius 2 is 2.06 bits per heavy atom. The highest BCUT2D eigenvalue weighted by atomic mass is 35.5. The first-order valence-electron chi connectivity index (χ1n) is 5.69. The topological polar surface area (TPSA) is 35.2 Å². The number of ether oxygens (including phenoxy) is 1. The molecule has 17 heavy (non-hydrogen) atoms. The zero-order valence-corrected chi connectivity index (χ0v) is 12.2. The molecule has 0 bridgehead atoms. The summed E-state index contributed by atoms with van der Waals surface area (Å²) in [6, 6.07) is 4.25. The molecule has 0 aliphatic heterocycles. The van der Waals surface area contributed by atoms with E-state index in [2.05, 4.69) is 13.0 Å². The predicted octanol–water partition coefficient (Wildman–Crippen LogP) is 3.61. The van der Waals surface area contributed by atoms with Crippen molar-refractivity contribution >= 4 is 24.0 Å². The smallest absolute Gasteiger partial charge is 0.140 e. The maximum Gasteiger partial charge on any atom is 0.140 e. The molecule has 1 atom stereocenters. The molecule has 2 N–H and O–H groups in total. The Morgan fingerprint density at radius 1 is 1.41 bits per heavy atom. The monoisotopic (exact) mass is 277 g/mol. The van der Waals surface area contributed by atoms with Crippen molar-refractivity contribution in [3.05, 3.63) is 28.3 Å². The maximum absolute atomic E-state index is 6.19. The largest absolute Gasteiger partial charge is 0.495 e. The fourth-order valence-corrected chi connectivity index (χ4v) is 2.22. The van der Waals surface area contributed by atoms with Gasteiger partial charge in [-0.2, -0.15) is 0 Å². The molecule has 0 spiro atoms. The van der Waals surface area contributed by atoms with E-state index in [9.17, 15) is 0 Å². The first-order chi connectivity index (χ1) is 7.58. The molecule has 1 aromatic rings. The van der Waals surface area contributed by atoms with E-state index >= 15 is 0 Å². The van der Waals surface area contributed by atoms with Gasteiger partial charge < -0.3 is 10.5 Å². The molecule has 0 aromatic heterocycles. The average molecular weight is 278 g/mol. The molecular formula is C13H21Cl2NO. The summed E-state index contributed by atoms with van der Waals surface area (Å²) >= 11 is 6.19. The van der Waals surface area contributed by atoms with Crippen LogP contribution in [0, 0.1) is 0 Å². The maximum atomic E-state index is 6.19. The van der Waals surface area contributed by atoms with Gasteiger partial charge in [-0.15, -0.1) is 12.4 Å². The third-order valence-corrected chi connectivity index (χ3v) is 2.74. The lowest BCUT2D eigenvalue weighted by Crippen LogP contribution is -2.17. The van der Waals surface area contributed by atoms with Crippen LogP contribution < -0.4 is 10.5 Å². The van der Waals surface area contributed by atoms with Crippen LogP contribution in [0.1, 0.15) is 31.4 Å². The zero-order valence-electron chi connectivity index (χ0n) is 10.6. The molecule has 0 aliphatic carbocycles. The second-order valence-corrected chi connectivity index (χ2v) is 4.61. The summed E-state index contributed by atoms with van der Waals surface area (Å²) in [7, 11) is 1.66. The number of aryl methyl sites for hydroxylation is 1. The van der Waals surface area contributed by atoms with Crippen LogP contribution in [0.15, 0.2) is 12.1 Å². The lowest BCUT2D eigenvalue weighted by Gasteiger charge is -2.13. The lowest BCUT2D eigenvalue weighted by molar-refractivity contribution is 0.409. The standard InChI is InChI=1S/C13H20ClNO.ClH/c1-4-5-11-7-10(6-9(2)15)8-12(14)13(11)16-3;/h7-9H,4-6,15H2,1-3H3;1H. The summed E-state index contributed by atoms with van der Waals surface area (Å²) in [5.41, 5.74) is 8.15. The van der Waals surface area contributed by atoms with Crippen molar-refractivity contribution in [2.45, 2.75) is 39.2 Å². The third-order valence-electron chi connectivity index (χ3n) is 2.46. The molecular weight excluding hydrogens is 257 g/mol. The predicted molar refractivity (Wildman–Crippen MR) is 76.6 cm³/mol. The van der Waals surface area contributed by atoms with Crippen LogP contribution in [-0.2, 0) is 12.8 Å². The molecule has 0 amide bonds. The van der Waals surface area contributed by atoms with E-state index < -0.39 is 0 Å². The molecule has 2 nitrogen and oxygen atoms in total. The Morgan fingerprint density at radius 3 is 2.53 bits per heavy atom. The van der Waals surface area contributed by atoms with Crippen LogP contribution in [0.3, 0.4) is 0 Å². The van der Waals surface area contributed by atoms with E-state index in [0.717, 1.165) is 25.0 Å². The van der Waals surface area contributed by atoms with Gasteiger partial charge in [-0.05, 0) is 37.0 Å². The summed E-state index contributed by atoms with van der Waals surface area (Å²) in [5, 5.41) is 0.684. The number of nitrogens with two attached hydrogens (primary N) is 1. The van der Waals surface area contributed by atoms with Crippen molar-refractivity contribution < 1.29 is 4.74 Å². The number of halogens is 2. The fraction of sp³-hybridized carbons (Fsp3) is 0.538. The van der Waals surface area contributed by atoms with Crippen LogP contribution in [0.25, 0.3) is 0 Å². The first kappa shape index (κ1) is 16.6. The second-order valence-electron chi connectivity index (χ2n) is 4.20. The van der Waals surface area contributed by atoms with Crippen LogP contribution >= 0.6 is 24.0 Å². The Hall–Kier alpha value is -0.440. The van der Waals surface area contributed by atoms with E-state index in [1.54, 1.807) is 7.11 Å². The molecule has 0 saturated carbocycles. The van der Waals surface area contributed by atoms with Gasteiger partial charge in [0.2, 0.25) is 0 Å². The Bertz CT molecular complexity index is 354. The van der Waals surface area contributed by atoms with Gasteiger partial charge in [0, 0.05) is 6.04 Å². The number of rotatable bonds is 5. The molecule has 0 aliphatic rings. The summed E-state index contributed by atoms with van der Waals surface area (Å²) in [6.45, 7) is 4.14. The number of methoxy groups -OCH3 is 1. The molecule has 0 fully saturated rings. The van der Waals surface area contributed by atoms with Gasteiger partial charge in [-0.3, -0.25) is 0 Å². The molecule has 4 heteroatoms. The van der Waals surface area contributed by atoms with Crippen molar-refractivity contribution in [1.29, 1.82) is 0 Å². The normalized spacial score (nSPS) is 11.8. The summed E-state index contributed by atoms with van der Waals surface area (Å²) in [4.78, 5) is 0. The van der Waals surface area contributed by atoms with Gasteiger partial charge in [-0.25, -0.2) is 0 Å². The molecule has 98 valence electrons. The van der Waals surface area contributed by atoms with Crippen molar-refractivity contribution in [2.75, 3.05) is 7.11 Å². The van der Waals surface area contributed by atoms with Gasteiger partial charge in [-0.1, -0.05) is 31.0 Å². The van der Waals surface area contributed by atoms with E-state index in [0.29, 0.717) is 5.02 Å². The first-order valence-corrected chi connectivity index (χ1v) is 6.07. The number of hydrogen-bond acceptors (Lipinski definition) is 2. The highest BCUT2D eigenvalue weighted by Crippen LogP contribution is 2.31. The number of hydrogen-bond donors (Lipinski definition) is 1. The number of benzene rings is 1. The van der Waals surface area contributed by atoms with Crippen LogP contribution in [0.5, 0.6) is 5.75 Å². The highest BCUT2D eigenvalue weighted by molar-refractivity contribution is 6.32. The van der Waals surface area contributed by atoms with Gasteiger partial charge in [0.25, 0.3) is 0 Å². The molecule has 0 saturated heterocycles. The van der Waals surface area contributed by atoms with Gasteiger partial charge >= 0.3 is 0 Å². The molecule has 1 unspecified atom stereocenters. The molecule has 0 heterocycles. The minimum absolute atomic E-state index is 0. The van der Waals surface area contributed by atoms with Gasteiger partial charge in [0.1, 0.15) is 5.75 Å². The third kappa shape index (κ3) is 4.74. The second kappa shape index (κ2) is 7.80. The summed E-state index contributed by atoms with van der Waals surface area (Å²) in [6.07, 6.45) is 2.91. The van der Waals surface area contributed by atoms with Crippen molar-refractivity contribution in [1.82, 2.24) is 0 Å². The van der Waals surface area contributed by atoms with E-state index in [1.165, 1.54) is 11.1 Å². The molecule has 1 rings (SSSR count). The van der Waals surface area contributed by atoms with Crippen molar-refractivity contribution in [3.63, 3.8) is 0 Å². The summed E-state index contributed by atoms with van der Waals surface area (Å²) in [5.74, 6) is 0.803. The minimum Gasteiger partial charge on any atom is -0.495 e. The Labute approximate surface area is 115 Å². The van der Waals surface area contributed by atoms with Crippen molar-refractivity contribution in [3.8, 4) is 5.75 Å². The average Bonchev–Trinajstić information content (AvgIpc) is 2.16. The van der Waals surface area contributed by atoms with E-state index in [-0.39, 0.29) is 18.4 Å². The Kier molecular flexibility index (Phi) is 7.60. The molecule has 0 radical (unpaired) electrons. The quantitative estimate of drug-likeness (QED) is 0.893. The van der Waals surface area contributed by atoms with Gasteiger partial charge in [0.15, 0.2) is 0 Å². The highest BCUT2D eigenvalue weighted by Gasteiger charge is 2.10. The van der Waals surface area contributed by atoms with E-state index in [1.807, 2.05) is 13.0 Å². The minimum atomic E-state index is 0. The SMILES string of the molecule is CCCc1cc(CC(C)N)cc(Cl)c1OC.Cl. The van der Waals surface area contributed by atoms with Crippen LogP contribution in [0.4, 0.5) is 0 Å². The lowest BCUT2D eigenvalue weighted by atomic mass is 10.0. The molecule has 1 aromatic carbocycles. The summed E-state index contributed by atoms with van der Waals surface area (Å²) < 4.78 is 5.33.